The number of nitrogens with two attached hydrogens (primary N) is 1. The molecule has 3 aromatic rings. The third kappa shape index (κ3) is 3.33. The number of aromatic nitrogens is 1. The number of pyridine rings is 1. The summed E-state index contributed by atoms with van der Waals surface area (Å²) in [6, 6.07) is 18.6. The molecule has 0 amide bonds. The smallest absolute Gasteiger partial charge is 0.1000 e. The summed E-state index contributed by atoms with van der Waals surface area (Å²) in [6.45, 7) is 0. The van der Waals surface area contributed by atoms with Crippen LogP contribution >= 0.6 is 0 Å². The van der Waals surface area contributed by atoms with Crippen LogP contribution in [-0.4, -0.2) is 4.98 Å². The minimum atomic E-state index is 0.676. The van der Waals surface area contributed by atoms with Crippen LogP contribution in [0.5, 0.6) is 0 Å². The van der Waals surface area contributed by atoms with Gasteiger partial charge in [-0.05, 0) is 30.4 Å². The molecule has 2 aromatic carbocycles. The van der Waals surface area contributed by atoms with Gasteiger partial charge in [-0.1, -0.05) is 48.6 Å². The second-order valence-electron chi connectivity index (χ2n) is 4.88. The van der Waals surface area contributed by atoms with Gasteiger partial charge in [0, 0.05) is 17.0 Å². The summed E-state index contributed by atoms with van der Waals surface area (Å²) in [6.07, 6.45) is 9.27. The molecule has 0 unspecified atom stereocenters. The molecule has 1 aliphatic rings. The molecule has 0 saturated heterocycles. The monoisotopic (exact) mass is 287 g/mol. The zero-order valence-corrected chi connectivity index (χ0v) is 12.1. The van der Waals surface area contributed by atoms with Crippen molar-refractivity contribution in [2.24, 2.45) is 5.73 Å². The number of nitrogens with zero attached hydrogens (tertiary/aromatic N) is 1. The molecule has 0 aliphatic carbocycles. The van der Waals surface area contributed by atoms with E-state index < -0.39 is 0 Å². The summed E-state index contributed by atoms with van der Waals surface area (Å²) in [5.41, 5.74) is 7.50. The van der Waals surface area contributed by atoms with Crippen molar-refractivity contribution in [1.82, 2.24) is 10.3 Å². The summed E-state index contributed by atoms with van der Waals surface area (Å²) < 4.78 is 0. The van der Waals surface area contributed by atoms with Crippen molar-refractivity contribution in [3.05, 3.63) is 90.9 Å². The van der Waals surface area contributed by atoms with Gasteiger partial charge in [0.25, 0.3) is 0 Å². The molecule has 1 aliphatic heterocycles. The first-order valence-electron chi connectivity index (χ1n) is 7.13. The molecular weight excluding hydrogens is 270 g/mol. The average Bonchev–Trinajstić information content (AvgIpc) is 2.81. The van der Waals surface area contributed by atoms with Crippen molar-refractivity contribution in [3.63, 3.8) is 0 Å². The Balaban J connectivity index is 0.000000154. The summed E-state index contributed by atoms with van der Waals surface area (Å²) in [5, 5.41) is 5.24. The summed E-state index contributed by atoms with van der Waals surface area (Å²) in [5.74, 6) is 0.676. The Kier molecular flexibility index (Phi) is 4.16. The van der Waals surface area contributed by atoms with Crippen LogP contribution in [0.25, 0.3) is 21.8 Å². The van der Waals surface area contributed by atoms with Gasteiger partial charge in [-0.2, -0.15) is 0 Å². The molecule has 0 fully saturated rings. The molecule has 108 valence electrons. The molecule has 3 N–H and O–H groups in total. The maximum Gasteiger partial charge on any atom is 0.1000 e. The zero-order valence-electron chi connectivity index (χ0n) is 12.1. The van der Waals surface area contributed by atoms with E-state index >= 15 is 0 Å². The normalized spacial score (nSPS) is 13.0. The molecule has 0 spiro atoms. The number of benzene rings is 2. The predicted molar refractivity (Wildman–Crippen MR) is 92.9 cm³/mol. The lowest BCUT2D eigenvalue weighted by atomic mass is 10.1. The van der Waals surface area contributed by atoms with E-state index in [1.165, 1.54) is 10.8 Å². The molecule has 0 saturated carbocycles. The predicted octanol–water partition coefficient (Wildman–Crippen LogP) is 3.85. The van der Waals surface area contributed by atoms with E-state index in [-0.39, 0.29) is 0 Å². The Hall–Kier alpha value is -3.07. The van der Waals surface area contributed by atoms with Crippen LogP contribution in [0.1, 0.15) is 0 Å². The summed E-state index contributed by atoms with van der Waals surface area (Å²) in [4.78, 5) is 4.58. The van der Waals surface area contributed by atoms with Gasteiger partial charge < -0.3 is 11.1 Å². The van der Waals surface area contributed by atoms with Crippen molar-refractivity contribution >= 4 is 21.8 Å². The van der Waals surface area contributed by atoms with Crippen LogP contribution in [0.2, 0.25) is 0 Å². The lowest BCUT2D eigenvalue weighted by Crippen LogP contribution is -2.12. The van der Waals surface area contributed by atoms with Gasteiger partial charge in [-0.25, -0.2) is 4.98 Å². The first-order chi connectivity index (χ1) is 10.8. The SMILES string of the molecule is NC1=CC=CC=CN1.c1ccc2nc3ccccc3cc2c1. The van der Waals surface area contributed by atoms with Gasteiger partial charge in [0.2, 0.25) is 0 Å². The molecule has 0 bridgehead atoms. The molecule has 22 heavy (non-hydrogen) atoms. The van der Waals surface area contributed by atoms with E-state index in [9.17, 15) is 0 Å². The number of hydrogen-bond donors (Lipinski definition) is 2. The summed E-state index contributed by atoms with van der Waals surface area (Å²) >= 11 is 0. The van der Waals surface area contributed by atoms with E-state index in [1.54, 1.807) is 12.3 Å². The van der Waals surface area contributed by atoms with Gasteiger partial charge >= 0.3 is 0 Å². The molecule has 3 nitrogen and oxygen atoms in total. The lowest BCUT2D eigenvalue weighted by molar-refractivity contribution is 1.03. The van der Waals surface area contributed by atoms with Crippen LogP contribution in [-0.2, 0) is 0 Å². The van der Waals surface area contributed by atoms with Crippen LogP contribution < -0.4 is 11.1 Å². The highest BCUT2D eigenvalue weighted by Crippen LogP contribution is 2.18. The van der Waals surface area contributed by atoms with Crippen molar-refractivity contribution < 1.29 is 0 Å². The van der Waals surface area contributed by atoms with Gasteiger partial charge in [0.15, 0.2) is 0 Å². The van der Waals surface area contributed by atoms with Gasteiger partial charge in [0.1, 0.15) is 0 Å². The molecule has 3 heteroatoms. The van der Waals surface area contributed by atoms with Crippen LogP contribution in [0.4, 0.5) is 0 Å². The van der Waals surface area contributed by atoms with E-state index in [2.05, 4.69) is 28.5 Å². The third-order valence-electron chi connectivity index (χ3n) is 3.27. The number of rotatable bonds is 0. The number of fused-ring (bicyclic) bond motifs is 2. The highest BCUT2D eigenvalue weighted by Gasteiger charge is 1.96. The largest absolute Gasteiger partial charge is 0.385 e. The second kappa shape index (κ2) is 6.59. The van der Waals surface area contributed by atoms with Gasteiger partial charge in [-0.3, -0.25) is 0 Å². The Morgan fingerprint density at radius 2 is 1.41 bits per heavy atom. The Labute approximate surface area is 129 Å². The highest BCUT2D eigenvalue weighted by atomic mass is 15.0. The molecular formula is C19H17N3. The quantitative estimate of drug-likeness (QED) is 0.617. The number of allylic oxidation sites excluding steroid dienone is 4. The molecule has 0 radical (unpaired) electrons. The Morgan fingerprint density at radius 1 is 0.773 bits per heavy atom. The van der Waals surface area contributed by atoms with Crippen molar-refractivity contribution in [2.75, 3.05) is 0 Å². The van der Waals surface area contributed by atoms with Crippen molar-refractivity contribution in [3.8, 4) is 0 Å². The minimum absolute atomic E-state index is 0.676. The van der Waals surface area contributed by atoms with E-state index in [0.717, 1.165) is 11.0 Å². The molecule has 4 rings (SSSR count). The van der Waals surface area contributed by atoms with Crippen molar-refractivity contribution in [1.29, 1.82) is 0 Å². The second-order valence-corrected chi connectivity index (χ2v) is 4.88. The fourth-order valence-electron chi connectivity index (χ4n) is 2.19. The first-order valence-corrected chi connectivity index (χ1v) is 7.13. The average molecular weight is 287 g/mol. The van der Waals surface area contributed by atoms with E-state index in [0.29, 0.717) is 5.82 Å². The number of nitrogens with one attached hydrogen (secondary N) is 1. The maximum absolute atomic E-state index is 5.38. The Bertz CT molecular complexity index is 771. The number of hydrogen-bond acceptors (Lipinski definition) is 3. The Morgan fingerprint density at radius 3 is 2.09 bits per heavy atom. The summed E-state index contributed by atoms with van der Waals surface area (Å²) in [7, 11) is 0. The first kappa shape index (κ1) is 13.9. The fraction of sp³-hybridized carbons (Fsp3) is 0. The highest BCUT2D eigenvalue weighted by molar-refractivity contribution is 5.92. The lowest BCUT2D eigenvalue weighted by Gasteiger charge is -1.99. The molecule has 0 atom stereocenters. The minimum Gasteiger partial charge on any atom is -0.385 e. The number of para-hydroxylation sites is 2. The van der Waals surface area contributed by atoms with Crippen LogP contribution in [0.15, 0.2) is 90.9 Å². The molecule has 2 heterocycles. The van der Waals surface area contributed by atoms with Gasteiger partial charge in [0.05, 0.1) is 16.9 Å². The van der Waals surface area contributed by atoms with Gasteiger partial charge in [-0.15, -0.1) is 0 Å². The zero-order chi connectivity index (χ0) is 15.2. The maximum atomic E-state index is 5.38. The fourth-order valence-corrected chi connectivity index (χ4v) is 2.19. The van der Waals surface area contributed by atoms with Crippen molar-refractivity contribution in [2.45, 2.75) is 0 Å². The third-order valence-corrected chi connectivity index (χ3v) is 3.27. The van der Waals surface area contributed by atoms with E-state index in [4.69, 9.17) is 5.73 Å². The van der Waals surface area contributed by atoms with Crippen LogP contribution in [0.3, 0.4) is 0 Å². The molecule has 1 aromatic heterocycles. The van der Waals surface area contributed by atoms with E-state index in [1.807, 2.05) is 54.6 Å². The van der Waals surface area contributed by atoms with Crippen LogP contribution in [0, 0.1) is 0 Å². The standard InChI is InChI=1S/C13H9N.C6H8N2/c1-3-7-12-10(5-1)9-11-6-2-4-8-13(11)14-12;7-6-4-2-1-3-5-8-6/h1-9H;1-5,8H,7H2. The topological polar surface area (TPSA) is 50.9 Å².